The SMILES string of the molecule is CC(C)(C)CP[B]COC(=O)c1ccccc1. The standard InChI is InChI=1S/C13H19BO2P/c1-13(2,3)9-17-14-10-16-12(15)11-7-5-4-6-8-11/h4-8,17H,9-10H2,1-3H3. The second-order valence-corrected chi connectivity index (χ2v) is 6.28. The molecule has 0 fully saturated rings. The summed E-state index contributed by atoms with van der Waals surface area (Å²) in [6, 6.07) is 9.08. The van der Waals surface area contributed by atoms with Crippen LogP contribution in [0.2, 0.25) is 0 Å². The van der Waals surface area contributed by atoms with Gasteiger partial charge in [0.1, 0.15) is 0 Å². The lowest BCUT2D eigenvalue weighted by Gasteiger charge is -2.17. The summed E-state index contributed by atoms with van der Waals surface area (Å²) in [6.07, 6.45) is 1.13. The van der Waals surface area contributed by atoms with Crippen molar-refractivity contribution in [1.82, 2.24) is 0 Å². The molecule has 91 valence electrons. The van der Waals surface area contributed by atoms with Gasteiger partial charge in [-0.15, -0.1) is 0 Å². The fourth-order valence-electron chi connectivity index (χ4n) is 1.21. The number of rotatable bonds is 5. The summed E-state index contributed by atoms with van der Waals surface area (Å²) in [6.45, 7) is 9.09. The number of carbonyl (C=O) groups excluding carboxylic acids is 1. The van der Waals surface area contributed by atoms with Crippen molar-refractivity contribution in [2.75, 3.05) is 12.7 Å². The number of hydrogen-bond acceptors (Lipinski definition) is 2. The van der Waals surface area contributed by atoms with Gasteiger partial charge in [-0.1, -0.05) is 39.0 Å². The minimum Gasteiger partial charge on any atom is -0.471 e. The Labute approximate surface area is 106 Å². The van der Waals surface area contributed by atoms with Crippen LogP contribution in [-0.4, -0.2) is 25.6 Å². The molecule has 1 aromatic rings. The molecular weight excluding hydrogens is 230 g/mol. The van der Waals surface area contributed by atoms with E-state index in [-0.39, 0.29) is 5.97 Å². The van der Waals surface area contributed by atoms with Crippen LogP contribution in [0.5, 0.6) is 0 Å². The van der Waals surface area contributed by atoms with E-state index in [1.165, 1.54) is 0 Å². The lowest BCUT2D eigenvalue weighted by Crippen LogP contribution is -2.12. The maximum Gasteiger partial charge on any atom is 0.337 e. The molecule has 0 amide bonds. The summed E-state index contributed by atoms with van der Waals surface area (Å²) in [5.74, 6) is -0.248. The summed E-state index contributed by atoms with van der Waals surface area (Å²) in [7, 11) is 0.739. The molecule has 0 heterocycles. The average molecular weight is 249 g/mol. The third kappa shape index (κ3) is 6.48. The third-order valence-electron chi connectivity index (χ3n) is 2.08. The molecule has 0 spiro atoms. The van der Waals surface area contributed by atoms with Gasteiger partial charge in [-0.25, -0.2) is 4.79 Å². The van der Waals surface area contributed by atoms with Gasteiger partial charge < -0.3 is 4.74 Å². The van der Waals surface area contributed by atoms with E-state index in [2.05, 4.69) is 20.8 Å². The Hall–Kier alpha value is -0.815. The van der Waals surface area contributed by atoms with E-state index in [1.54, 1.807) is 12.1 Å². The summed E-state index contributed by atoms with van der Waals surface area (Å²) in [4.78, 5) is 11.6. The highest BCUT2D eigenvalue weighted by Gasteiger charge is 2.10. The summed E-state index contributed by atoms with van der Waals surface area (Å²) < 4.78 is 5.16. The second-order valence-electron chi connectivity index (χ2n) is 5.11. The molecular formula is C13H19BO2P. The smallest absolute Gasteiger partial charge is 0.337 e. The van der Waals surface area contributed by atoms with E-state index < -0.39 is 0 Å². The molecule has 17 heavy (non-hydrogen) atoms. The molecule has 1 aromatic carbocycles. The first kappa shape index (κ1) is 14.2. The molecule has 1 unspecified atom stereocenters. The highest BCUT2D eigenvalue weighted by atomic mass is 31.1. The van der Waals surface area contributed by atoms with Gasteiger partial charge in [0.25, 0.3) is 0 Å². The van der Waals surface area contributed by atoms with Gasteiger partial charge >= 0.3 is 5.97 Å². The van der Waals surface area contributed by atoms with Crippen molar-refractivity contribution < 1.29 is 9.53 Å². The van der Waals surface area contributed by atoms with Crippen molar-refractivity contribution in [2.24, 2.45) is 5.41 Å². The second kappa shape index (κ2) is 6.81. The number of esters is 1. The molecule has 0 N–H and O–H groups in total. The molecule has 4 heteroatoms. The minimum absolute atomic E-state index is 0.248. The first-order chi connectivity index (χ1) is 7.99. The highest BCUT2D eigenvalue weighted by molar-refractivity contribution is 7.71. The molecule has 0 saturated carbocycles. The van der Waals surface area contributed by atoms with Crippen molar-refractivity contribution in [1.29, 1.82) is 0 Å². The topological polar surface area (TPSA) is 26.3 Å². The van der Waals surface area contributed by atoms with Crippen LogP contribution in [0.3, 0.4) is 0 Å². The third-order valence-corrected chi connectivity index (χ3v) is 3.80. The Morgan fingerprint density at radius 3 is 2.53 bits per heavy atom. The van der Waals surface area contributed by atoms with Crippen molar-refractivity contribution in [3.63, 3.8) is 0 Å². The molecule has 1 rings (SSSR count). The molecule has 0 aliphatic carbocycles. The zero-order valence-electron chi connectivity index (χ0n) is 10.7. The Kier molecular flexibility index (Phi) is 5.71. The predicted octanol–water partition coefficient (Wildman–Crippen LogP) is 3.14. The van der Waals surface area contributed by atoms with Crippen molar-refractivity contribution in [2.45, 2.75) is 20.8 Å². The molecule has 0 aromatic heterocycles. The zero-order valence-corrected chi connectivity index (χ0v) is 11.7. The van der Waals surface area contributed by atoms with Crippen LogP contribution < -0.4 is 0 Å². The molecule has 1 radical (unpaired) electrons. The van der Waals surface area contributed by atoms with Crippen molar-refractivity contribution >= 4 is 21.4 Å². The number of hydrogen-bond donors (Lipinski definition) is 0. The Morgan fingerprint density at radius 1 is 1.29 bits per heavy atom. The van der Waals surface area contributed by atoms with Gasteiger partial charge in [-0.3, -0.25) is 0 Å². The predicted molar refractivity (Wildman–Crippen MR) is 75.1 cm³/mol. The monoisotopic (exact) mass is 249 g/mol. The van der Waals surface area contributed by atoms with Crippen molar-refractivity contribution in [3.05, 3.63) is 35.9 Å². The molecule has 2 nitrogen and oxygen atoms in total. The van der Waals surface area contributed by atoms with Gasteiger partial charge in [0.05, 0.1) is 12.1 Å². The summed E-state index contributed by atoms with van der Waals surface area (Å²) >= 11 is 0. The fourth-order valence-corrected chi connectivity index (χ4v) is 2.17. The van der Waals surface area contributed by atoms with Gasteiger partial charge in [0.15, 0.2) is 7.00 Å². The first-order valence-corrected chi connectivity index (χ1v) is 7.05. The largest absolute Gasteiger partial charge is 0.471 e. The maximum atomic E-state index is 11.6. The molecule has 0 aliphatic rings. The molecule has 0 bridgehead atoms. The van der Waals surface area contributed by atoms with Gasteiger partial charge in [0.2, 0.25) is 0 Å². The molecule has 0 saturated heterocycles. The first-order valence-electron chi connectivity index (χ1n) is 5.76. The van der Waals surface area contributed by atoms with Gasteiger partial charge in [-0.05, 0) is 23.7 Å². The Bertz CT molecular complexity index is 346. The van der Waals surface area contributed by atoms with Crippen LogP contribution in [0.1, 0.15) is 31.1 Å². The van der Waals surface area contributed by atoms with Crippen LogP contribution in [0.15, 0.2) is 30.3 Å². The average Bonchev–Trinajstić information content (AvgIpc) is 2.28. The lowest BCUT2D eigenvalue weighted by molar-refractivity contribution is 0.0573. The van der Waals surface area contributed by atoms with E-state index >= 15 is 0 Å². The van der Waals surface area contributed by atoms with E-state index in [4.69, 9.17) is 4.74 Å². The van der Waals surface area contributed by atoms with E-state index in [0.29, 0.717) is 17.5 Å². The fraction of sp³-hybridized carbons (Fsp3) is 0.462. The normalized spacial score (nSPS) is 11.7. The van der Waals surface area contributed by atoms with Crippen LogP contribution in [0.25, 0.3) is 0 Å². The molecule has 0 aliphatic heterocycles. The molecule has 1 atom stereocenters. The summed E-state index contributed by atoms with van der Waals surface area (Å²) in [5.41, 5.74) is 0.957. The maximum absolute atomic E-state index is 11.6. The number of benzene rings is 1. The summed E-state index contributed by atoms with van der Waals surface area (Å²) in [5, 5.41) is 0. The zero-order chi connectivity index (χ0) is 12.7. The number of ether oxygens (including phenoxy) is 1. The van der Waals surface area contributed by atoms with Gasteiger partial charge in [-0.2, -0.15) is 8.46 Å². The quantitative estimate of drug-likeness (QED) is 0.347. The van der Waals surface area contributed by atoms with E-state index in [1.807, 2.05) is 25.2 Å². The minimum atomic E-state index is -0.248. The lowest BCUT2D eigenvalue weighted by atomic mass is 10.0. The van der Waals surface area contributed by atoms with Crippen LogP contribution in [0.4, 0.5) is 0 Å². The van der Waals surface area contributed by atoms with Crippen LogP contribution in [-0.2, 0) is 4.74 Å². The van der Waals surface area contributed by atoms with E-state index in [0.717, 1.165) is 14.6 Å². The Balaban J connectivity index is 2.18. The number of carbonyl (C=O) groups is 1. The van der Waals surface area contributed by atoms with Crippen LogP contribution in [0, 0.1) is 5.41 Å². The highest BCUT2D eigenvalue weighted by Crippen LogP contribution is 2.23. The van der Waals surface area contributed by atoms with Crippen LogP contribution >= 0.6 is 8.46 Å². The van der Waals surface area contributed by atoms with Gasteiger partial charge in [0, 0.05) is 0 Å². The Morgan fingerprint density at radius 2 is 1.94 bits per heavy atom. The van der Waals surface area contributed by atoms with Crippen molar-refractivity contribution in [3.8, 4) is 0 Å². The van der Waals surface area contributed by atoms with E-state index in [9.17, 15) is 4.79 Å².